The predicted molar refractivity (Wildman–Crippen MR) is 96.4 cm³/mol. The van der Waals surface area contributed by atoms with E-state index < -0.39 is 0 Å². The zero-order chi connectivity index (χ0) is 16.8. The van der Waals surface area contributed by atoms with Gasteiger partial charge in [0.15, 0.2) is 0 Å². The van der Waals surface area contributed by atoms with Crippen molar-refractivity contribution in [1.82, 2.24) is 9.78 Å². The number of hydrogen-bond donors (Lipinski definition) is 2. The minimum absolute atomic E-state index is 0.285. The summed E-state index contributed by atoms with van der Waals surface area (Å²) in [6.45, 7) is 3.91. The third-order valence-electron chi connectivity index (χ3n) is 3.96. The van der Waals surface area contributed by atoms with Crippen LogP contribution in [0.5, 0.6) is 0 Å². The number of rotatable bonds is 1. The summed E-state index contributed by atoms with van der Waals surface area (Å²) in [6, 6.07) is 14.6. The second-order valence-electron chi connectivity index (χ2n) is 5.46. The van der Waals surface area contributed by atoms with E-state index in [0.29, 0.717) is 27.9 Å². The minimum Gasteiger partial charge on any atom is -0.321 e. The van der Waals surface area contributed by atoms with Crippen LogP contribution in [-0.4, -0.2) is 15.7 Å². The molecule has 6 heteroatoms. The standard InChI is InChI=1S/C18H12BrN3O2/c1-10-15(18(24)22(21-10)12-5-3-2-4-6-12)16-13-9-11(19)7-8-14(13)20-17(16)23/h2-9,21H,1H2,(H,20,23). The van der Waals surface area contributed by atoms with Gasteiger partial charge in [-0.05, 0) is 30.3 Å². The van der Waals surface area contributed by atoms with Gasteiger partial charge in [0, 0.05) is 15.7 Å². The van der Waals surface area contributed by atoms with E-state index in [2.05, 4.69) is 32.9 Å². The molecular weight excluding hydrogens is 370 g/mol. The first kappa shape index (κ1) is 14.7. The zero-order valence-corrected chi connectivity index (χ0v) is 14.1. The fourth-order valence-electron chi connectivity index (χ4n) is 2.89. The third-order valence-corrected chi connectivity index (χ3v) is 4.45. The summed E-state index contributed by atoms with van der Waals surface area (Å²) in [6.07, 6.45) is 0. The lowest BCUT2D eigenvalue weighted by Gasteiger charge is -1.99. The molecule has 24 heavy (non-hydrogen) atoms. The van der Waals surface area contributed by atoms with E-state index in [4.69, 9.17) is 0 Å². The first-order valence-electron chi connectivity index (χ1n) is 7.27. The van der Waals surface area contributed by atoms with Crippen LogP contribution in [0, 0.1) is 0 Å². The minimum atomic E-state index is -0.302. The number of anilines is 1. The van der Waals surface area contributed by atoms with Gasteiger partial charge in [-0.25, -0.2) is 4.68 Å². The first-order chi connectivity index (χ1) is 11.6. The summed E-state index contributed by atoms with van der Waals surface area (Å²) in [5.41, 5.74) is 2.10. The molecule has 0 aliphatic carbocycles. The molecule has 2 N–H and O–H groups in total. The van der Waals surface area contributed by atoms with Gasteiger partial charge in [-0.1, -0.05) is 40.7 Å². The van der Waals surface area contributed by atoms with E-state index in [-0.39, 0.29) is 16.7 Å². The molecule has 5 nitrogen and oxygen atoms in total. The smallest absolute Gasteiger partial charge is 0.279 e. The van der Waals surface area contributed by atoms with Crippen molar-refractivity contribution >= 4 is 39.7 Å². The molecule has 0 saturated heterocycles. The topological polar surface area (TPSA) is 66.9 Å². The van der Waals surface area contributed by atoms with Crippen molar-refractivity contribution in [3.8, 4) is 5.69 Å². The van der Waals surface area contributed by atoms with Gasteiger partial charge in [0.05, 0.1) is 21.8 Å². The Labute approximate surface area is 145 Å². The van der Waals surface area contributed by atoms with Gasteiger partial charge < -0.3 is 5.32 Å². The Morgan fingerprint density at radius 1 is 1.04 bits per heavy atom. The maximum absolute atomic E-state index is 12.9. The number of halogens is 1. The van der Waals surface area contributed by atoms with E-state index in [1.807, 2.05) is 42.5 Å². The van der Waals surface area contributed by atoms with Crippen LogP contribution >= 0.6 is 15.9 Å². The molecule has 0 fully saturated rings. The molecule has 0 saturated carbocycles. The van der Waals surface area contributed by atoms with Crippen molar-refractivity contribution in [1.29, 1.82) is 0 Å². The lowest BCUT2D eigenvalue weighted by atomic mass is 10.1. The number of nitrogens with zero attached hydrogens (tertiary/aromatic N) is 1. The number of amides is 1. The number of aromatic nitrogens is 2. The van der Waals surface area contributed by atoms with Gasteiger partial charge in [0.2, 0.25) is 0 Å². The molecule has 2 aromatic carbocycles. The Morgan fingerprint density at radius 3 is 2.54 bits per heavy atom. The first-order valence-corrected chi connectivity index (χ1v) is 8.06. The summed E-state index contributed by atoms with van der Waals surface area (Å²) in [4.78, 5) is 25.3. The molecule has 2 heterocycles. The molecule has 0 radical (unpaired) electrons. The molecule has 0 atom stereocenters. The molecule has 0 bridgehead atoms. The van der Waals surface area contributed by atoms with Gasteiger partial charge in [0.25, 0.3) is 11.5 Å². The highest BCUT2D eigenvalue weighted by Gasteiger charge is 2.27. The highest BCUT2D eigenvalue weighted by molar-refractivity contribution is 9.10. The van der Waals surface area contributed by atoms with Crippen molar-refractivity contribution in [3.63, 3.8) is 0 Å². The Morgan fingerprint density at radius 2 is 1.79 bits per heavy atom. The Bertz CT molecular complexity index is 1140. The molecular formula is C18H12BrN3O2. The second-order valence-corrected chi connectivity index (χ2v) is 6.38. The summed E-state index contributed by atoms with van der Waals surface area (Å²) in [7, 11) is 0. The average molecular weight is 382 g/mol. The van der Waals surface area contributed by atoms with Crippen LogP contribution in [0.2, 0.25) is 0 Å². The lowest BCUT2D eigenvalue weighted by Crippen LogP contribution is -2.38. The van der Waals surface area contributed by atoms with Crippen LogP contribution in [-0.2, 0) is 4.79 Å². The average Bonchev–Trinajstić information content (AvgIpc) is 3.04. The zero-order valence-electron chi connectivity index (χ0n) is 12.5. The molecule has 0 spiro atoms. The molecule has 1 aliphatic heterocycles. The number of hydrogen-bond acceptors (Lipinski definition) is 2. The molecule has 1 aromatic heterocycles. The number of carbonyl (C=O) groups is 1. The highest BCUT2D eigenvalue weighted by atomic mass is 79.9. The van der Waals surface area contributed by atoms with Crippen LogP contribution in [0.3, 0.4) is 0 Å². The Kier molecular flexibility index (Phi) is 3.28. The van der Waals surface area contributed by atoms with E-state index in [9.17, 15) is 9.59 Å². The fourth-order valence-corrected chi connectivity index (χ4v) is 3.25. The molecule has 3 aromatic rings. The third kappa shape index (κ3) is 2.15. The molecule has 1 amide bonds. The van der Waals surface area contributed by atoms with Gasteiger partial charge >= 0.3 is 0 Å². The SMILES string of the molecule is C=c1[nH]n(-c2ccccc2)c(=O)c1=C1C(=O)Nc2ccc(Br)cc21. The van der Waals surface area contributed by atoms with Crippen LogP contribution < -0.4 is 21.4 Å². The van der Waals surface area contributed by atoms with Crippen molar-refractivity contribution < 1.29 is 4.79 Å². The van der Waals surface area contributed by atoms with Crippen LogP contribution in [0.25, 0.3) is 17.8 Å². The van der Waals surface area contributed by atoms with Gasteiger partial charge in [0.1, 0.15) is 0 Å². The van der Waals surface area contributed by atoms with E-state index in [0.717, 1.165) is 4.47 Å². The number of benzene rings is 2. The highest BCUT2D eigenvalue weighted by Crippen LogP contribution is 2.31. The van der Waals surface area contributed by atoms with Crippen molar-refractivity contribution in [2.45, 2.75) is 0 Å². The van der Waals surface area contributed by atoms with Crippen molar-refractivity contribution in [2.24, 2.45) is 0 Å². The van der Waals surface area contributed by atoms with Gasteiger partial charge in [-0.15, -0.1) is 0 Å². The molecule has 1 aliphatic rings. The van der Waals surface area contributed by atoms with E-state index >= 15 is 0 Å². The second kappa shape index (κ2) is 5.35. The van der Waals surface area contributed by atoms with Crippen LogP contribution in [0.4, 0.5) is 5.69 Å². The normalized spacial score (nSPS) is 15.3. The van der Waals surface area contributed by atoms with E-state index in [1.54, 1.807) is 6.07 Å². The van der Waals surface area contributed by atoms with Gasteiger partial charge in [-0.3, -0.25) is 14.7 Å². The van der Waals surface area contributed by atoms with E-state index in [1.165, 1.54) is 4.68 Å². The Balaban J connectivity index is 2.09. The molecule has 0 unspecified atom stereocenters. The van der Waals surface area contributed by atoms with Crippen molar-refractivity contribution in [3.05, 3.63) is 79.5 Å². The number of fused-ring (bicyclic) bond motifs is 1. The number of nitrogens with one attached hydrogen (secondary N) is 2. The number of aromatic amines is 1. The molecule has 118 valence electrons. The maximum atomic E-state index is 12.9. The number of para-hydroxylation sites is 1. The van der Waals surface area contributed by atoms with Crippen LogP contribution in [0.1, 0.15) is 5.56 Å². The summed E-state index contributed by atoms with van der Waals surface area (Å²) in [5.74, 6) is -0.302. The monoisotopic (exact) mass is 381 g/mol. The summed E-state index contributed by atoms with van der Waals surface area (Å²) >= 11 is 3.40. The van der Waals surface area contributed by atoms with Crippen LogP contribution in [0.15, 0.2) is 57.8 Å². The Hall–Kier alpha value is -2.86. The quantitative estimate of drug-likeness (QED) is 0.670. The summed E-state index contributed by atoms with van der Waals surface area (Å²) < 4.78 is 2.23. The molecule has 4 rings (SSSR count). The maximum Gasteiger partial charge on any atom is 0.279 e. The fraction of sp³-hybridized carbons (Fsp3) is 0. The van der Waals surface area contributed by atoms with Gasteiger partial charge in [-0.2, -0.15) is 0 Å². The largest absolute Gasteiger partial charge is 0.321 e. The summed E-state index contributed by atoms with van der Waals surface area (Å²) in [5, 5.41) is 6.43. The predicted octanol–water partition coefficient (Wildman–Crippen LogP) is 1.49. The van der Waals surface area contributed by atoms with Crippen molar-refractivity contribution in [2.75, 3.05) is 5.32 Å². The number of H-pyrrole nitrogens is 1. The lowest BCUT2D eigenvalue weighted by molar-refractivity contribution is -0.110. The number of carbonyl (C=O) groups excluding carboxylic acids is 1.